The SMILES string of the molecule is CO[C@H]1O[C@H](CO[C@@H]2O[C@H](COC(C)=O)[C@@H](OC(=O)C(C)(C)C)[C@H](OC(C)=O)[C@H]2I)[C@@H](OC(=O)c2ccccc2)[C@H](OC(=O)c2ccccc2)[C@H]1OC(=O)c1ccccc1. The van der Waals surface area contributed by atoms with Crippen molar-refractivity contribution in [1.82, 2.24) is 0 Å². The highest BCUT2D eigenvalue weighted by atomic mass is 127. The molecule has 10 atom stereocenters. The fraction of sp³-hybridized carbons (Fsp3) is 0.442. The molecule has 0 radical (unpaired) electrons. The summed E-state index contributed by atoms with van der Waals surface area (Å²) in [4.78, 5) is 78.6. The number of hydrogen-bond acceptors (Lipinski definition) is 16. The Labute approximate surface area is 360 Å². The summed E-state index contributed by atoms with van der Waals surface area (Å²) in [6.45, 7) is 6.43. The lowest BCUT2D eigenvalue weighted by Crippen LogP contribution is -2.64. The van der Waals surface area contributed by atoms with Crippen LogP contribution < -0.4 is 0 Å². The monoisotopic (exact) mass is 946 g/mol. The highest BCUT2D eigenvalue weighted by Crippen LogP contribution is 2.36. The molecule has 0 aromatic heterocycles. The molecule has 2 saturated heterocycles. The third-order valence-corrected chi connectivity index (χ3v) is 10.5. The first-order chi connectivity index (χ1) is 28.6. The van der Waals surface area contributed by atoms with E-state index in [1.807, 2.05) is 22.6 Å². The topological polar surface area (TPSA) is 195 Å². The summed E-state index contributed by atoms with van der Waals surface area (Å²) in [5.74, 6) is -4.46. The number of hydrogen-bond donors (Lipinski definition) is 0. The van der Waals surface area contributed by atoms with Crippen LogP contribution in [-0.4, -0.2) is 115 Å². The fourth-order valence-electron chi connectivity index (χ4n) is 6.20. The highest BCUT2D eigenvalue weighted by Gasteiger charge is 2.55. The van der Waals surface area contributed by atoms with Crippen molar-refractivity contribution in [3.05, 3.63) is 108 Å². The molecule has 2 heterocycles. The summed E-state index contributed by atoms with van der Waals surface area (Å²) in [5.41, 5.74) is -0.499. The molecule has 0 unspecified atom stereocenters. The second-order valence-corrected chi connectivity index (χ2v) is 16.2. The Morgan fingerprint density at radius 1 is 0.550 bits per heavy atom. The number of rotatable bonds is 14. The van der Waals surface area contributed by atoms with E-state index in [2.05, 4.69) is 0 Å². The predicted molar refractivity (Wildman–Crippen MR) is 217 cm³/mol. The minimum Gasteiger partial charge on any atom is -0.463 e. The van der Waals surface area contributed by atoms with Crippen LogP contribution in [-0.2, 0) is 61.8 Å². The fourth-order valence-corrected chi connectivity index (χ4v) is 7.13. The number of benzene rings is 3. The first kappa shape index (κ1) is 46.1. The summed E-state index contributed by atoms with van der Waals surface area (Å²) in [6, 6.07) is 24.1. The van der Waals surface area contributed by atoms with Gasteiger partial charge in [-0.25, -0.2) is 14.4 Å². The molecule has 2 aliphatic rings. The average Bonchev–Trinajstić information content (AvgIpc) is 3.23. The lowest BCUT2D eigenvalue weighted by Gasteiger charge is -2.46. The number of carbonyl (C=O) groups is 6. The molecule has 2 fully saturated rings. The van der Waals surface area contributed by atoms with E-state index < -0.39 is 114 Å². The summed E-state index contributed by atoms with van der Waals surface area (Å²) in [7, 11) is 1.28. The molecule has 0 amide bonds. The Hall–Kier alpha value is -4.95. The Balaban J connectivity index is 1.51. The Morgan fingerprint density at radius 3 is 1.43 bits per heavy atom. The Bertz CT molecular complexity index is 1940. The quantitative estimate of drug-likeness (QED) is 0.0903. The lowest BCUT2D eigenvalue weighted by atomic mass is 9.96. The molecule has 5 rings (SSSR count). The summed E-state index contributed by atoms with van der Waals surface area (Å²) < 4.78 is 58.6. The van der Waals surface area contributed by atoms with Crippen molar-refractivity contribution in [3.8, 4) is 0 Å². The lowest BCUT2D eigenvalue weighted by molar-refractivity contribution is -0.309. The van der Waals surface area contributed by atoms with E-state index in [1.54, 1.807) is 75.4 Å². The first-order valence-corrected chi connectivity index (χ1v) is 20.2. The van der Waals surface area contributed by atoms with Gasteiger partial charge in [0.05, 0.1) is 28.7 Å². The summed E-state index contributed by atoms with van der Waals surface area (Å²) in [6.07, 6.45) is -12.2. The van der Waals surface area contributed by atoms with E-state index in [0.29, 0.717) is 0 Å². The van der Waals surface area contributed by atoms with E-state index >= 15 is 0 Å². The largest absolute Gasteiger partial charge is 0.463 e. The van der Waals surface area contributed by atoms with Gasteiger partial charge in [-0.1, -0.05) is 77.2 Å². The number of esters is 6. The number of ether oxygens (including phenoxy) is 10. The molecule has 0 aliphatic carbocycles. The van der Waals surface area contributed by atoms with Crippen LogP contribution in [0.2, 0.25) is 0 Å². The van der Waals surface area contributed by atoms with Gasteiger partial charge in [0.2, 0.25) is 0 Å². The average molecular weight is 947 g/mol. The van der Waals surface area contributed by atoms with Crippen LogP contribution >= 0.6 is 22.6 Å². The molecule has 16 nitrogen and oxygen atoms in total. The maximum atomic E-state index is 13.8. The molecule has 322 valence electrons. The molecule has 0 bridgehead atoms. The van der Waals surface area contributed by atoms with Crippen LogP contribution in [0.5, 0.6) is 0 Å². The van der Waals surface area contributed by atoms with Gasteiger partial charge in [-0.05, 0) is 57.2 Å². The standard InChI is InChI=1S/C43H47IO16/c1-24(45)52-22-29-32(60-42(50)43(3,4)5)34(54-25(2)46)31(44)40(55-29)53-23-30-33(57-37(47)26-16-10-7-11-17-26)35(58-38(48)27-18-12-8-13-19-27)36(41(51-6)56-30)59-39(49)28-20-14-9-15-21-28/h7-21,29-36,40-41H,22-23H2,1-6H3/t29-,30-,31-,32-,33-,34-,35+,36-,40-,41+/m1/s1. The van der Waals surface area contributed by atoms with Crippen molar-refractivity contribution >= 4 is 58.4 Å². The minimum absolute atomic E-state index is 0.146. The zero-order valence-corrected chi connectivity index (χ0v) is 35.9. The van der Waals surface area contributed by atoms with Gasteiger partial charge in [-0.3, -0.25) is 14.4 Å². The molecule has 2 aliphatic heterocycles. The molecule has 3 aromatic carbocycles. The van der Waals surface area contributed by atoms with Gasteiger partial charge in [0.15, 0.2) is 43.1 Å². The van der Waals surface area contributed by atoms with Crippen LogP contribution in [0.15, 0.2) is 91.0 Å². The van der Waals surface area contributed by atoms with Gasteiger partial charge in [0.1, 0.15) is 22.7 Å². The van der Waals surface area contributed by atoms with E-state index in [1.165, 1.54) is 57.4 Å². The molecule has 0 N–H and O–H groups in total. The van der Waals surface area contributed by atoms with E-state index in [9.17, 15) is 28.8 Å². The van der Waals surface area contributed by atoms with Gasteiger partial charge in [0.25, 0.3) is 0 Å². The maximum absolute atomic E-state index is 13.8. The van der Waals surface area contributed by atoms with E-state index in [4.69, 9.17) is 47.4 Å². The normalized spacial score (nSPS) is 26.4. The van der Waals surface area contributed by atoms with Gasteiger partial charge in [0, 0.05) is 21.0 Å². The molecular weight excluding hydrogens is 899 g/mol. The Kier molecular flexibility index (Phi) is 16.2. The van der Waals surface area contributed by atoms with Crippen molar-refractivity contribution in [2.45, 2.75) is 93.9 Å². The number of carbonyl (C=O) groups excluding carboxylic acids is 6. The molecule has 17 heteroatoms. The van der Waals surface area contributed by atoms with Gasteiger partial charge >= 0.3 is 35.8 Å². The van der Waals surface area contributed by atoms with Crippen LogP contribution in [0.3, 0.4) is 0 Å². The van der Waals surface area contributed by atoms with Crippen molar-refractivity contribution in [3.63, 3.8) is 0 Å². The predicted octanol–water partition coefficient (Wildman–Crippen LogP) is 5.03. The minimum atomic E-state index is -1.56. The number of halogens is 1. The maximum Gasteiger partial charge on any atom is 0.338 e. The summed E-state index contributed by atoms with van der Waals surface area (Å²) >= 11 is 1.93. The van der Waals surface area contributed by atoms with Crippen LogP contribution in [0, 0.1) is 5.41 Å². The van der Waals surface area contributed by atoms with E-state index in [0.717, 1.165) is 0 Å². The zero-order chi connectivity index (χ0) is 43.6. The van der Waals surface area contributed by atoms with E-state index in [-0.39, 0.29) is 16.7 Å². The molecule has 3 aromatic rings. The van der Waals surface area contributed by atoms with Crippen molar-refractivity contribution in [1.29, 1.82) is 0 Å². The van der Waals surface area contributed by atoms with Gasteiger partial charge in [-0.15, -0.1) is 0 Å². The number of methoxy groups -OCH3 is 1. The highest BCUT2D eigenvalue weighted by molar-refractivity contribution is 14.1. The van der Waals surface area contributed by atoms with Crippen LogP contribution in [0.4, 0.5) is 0 Å². The first-order valence-electron chi connectivity index (χ1n) is 19.0. The zero-order valence-electron chi connectivity index (χ0n) is 33.8. The van der Waals surface area contributed by atoms with Crippen molar-refractivity contribution in [2.24, 2.45) is 5.41 Å². The van der Waals surface area contributed by atoms with Gasteiger partial charge < -0.3 is 47.4 Å². The third kappa shape index (κ3) is 12.1. The molecule has 0 spiro atoms. The molecule has 0 saturated carbocycles. The van der Waals surface area contributed by atoms with Crippen molar-refractivity contribution in [2.75, 3.05) is 20.3 Å². The number of alkyl halides is 1. The third-order valence-electron chi connectivity index (χ3n) is 9.19. The second kappa shape index (κ2) is 21.0. The Morgan fingerprint density at radius 2 is 0.983 bits per heavy atom. The second-order valence-electron chi connectivity index (χ2n) is 14.8. The summed E-state index contributed by atoms with van der Waals surface area (Å²) in [5, 5.41) is 0. The van der Waals surface area contributed by atoms with Crippen LogP contribution in [0.25, 0.3) is 0 Å². The van der Waals surface area contributed by atoms with Gasteiger partial charge in [-0.2, -0.15) is 0 Å². The molecular formula is C43H47IO16. The van der Waals surface area contributed by atoms with Crippen LogP contribution in [0.1, 0.15) is 65.7 Å². The van der Waals surface area contributed by atoms with Crippen molar-refractivity contribution < 1.29 is 76.1 Å². The molecule has 60 heavy (non-hydrogen) atoms. The smallest absolute Gasteiger partial charge is 0.338 e.